The highest BCUT2D eigenvalue weighted by atomic mass is 16.2. The summed E-state index contributed by atoms with van der Waals surface area (Å²) in [4.78, 5) is 15.9. The highest BCUT2D eigenvalue weighted by Gasteiger charge is 2.33. The maximum absolute atomic E-state index is 12.0. The lowest BCUT2D eigenvalue weighted by molar-refractivity contribution is -0.118. The summed E-state index contributed by atoms with van der Waals surface area (Å²) in [6, 6.07) is 14.1. The first kappa shape index (κ1) is 12.4. The number of hydrogen-bond acceptors (Lipinski definition) is 3. The molecule has 2 N–H and O–H groups in total. The van der Waals surface area contributed by atoms with Crippen molar-refractivity contribution < 1.29 is 4.79 Å². The third-order valence-corrected chi connectivity index (χ3v) is 4.51. The lowest BCUT2D eigenvalue weighted by atomic mass is 10.1. The normalized spacial score (nSPS) is 19.9. The highest BCUT2D eigenvalue weighted by molar-refractivity contribution is 6.04. The Morgan fingerprint density at radius 1 is 1.10 bits per heavy atom. The number of nitrogens with zero attached hydrogens (tertiary/aromatic N) is 2. The van der Waals surface area contributed by atoms with E-state index in [9.17, 15) is 4.79 Å². The van der Waals surface area contributed by atoms with Crippen molar-refractivity contribution in [1.82, 2.24) is 0 Å². The third kappa shape index (κ3) is 1.76. The van der Waals surface area contributed by atoms with Gasteiger partial charge < -0.3 is 15.5 Å². The van der Waals surface area contributed by atoms with Crippen molar-refractivity contribution in [3.63, 3.8) is 0 Å². The fourth-order valence-corrected chi connectivity index (χ4v) is 3.26. The molecule has 0 saturated carbocycles. The zero-order valence-corrected chi connectivity index (χ0v) is 11.9. The van der Waals surface area contributed by atoms with Gasteiger partial charge >= 0.3 is 0 Å². The number of rotatable bonds is 1. The van der Waals surface area contributed by atoms with Crippen LogP contribution >= 0.6 is 0 Å². The second kappa shape index (κ2) is 4.33. The maximum Gasteiger partial charge on any atom is 0.248 e. The maximum atomic E-state index is 12.0. The van der Waals surface area contributed by atoms with Crippen LogP contribution in [0, 0.1) is 0 Å². The van der Waals surface area contributed by atoms with E-state index in [1.165, 1.54) is 11.1 Å². The molecular formula is C17H17N3O. The minimum atomic E-state index is -0.519. The molecule has 2 aliphatic heterocycles. The molecule has 1 amide bonds. The van der Waals surface area contributed by atoms with Crippen molar-refractivity contribution in [3.8, 4) is 0 Å². The zero-order valence-electron chi connectivity index (χ0n) is 11.9. The lowest BCUT2D eigenvalue weighted by Crippen LogP contribution is -2.27. The van der Waals surface area contributed by atoms with Gasteiger partial charge in [0.1, 0.15) is 6.04 Å². The van der Waals surface area contributed by atoms with E-state index >= 15 is 0 Å². The predicted molar refractivity (Wildman–Crippen MR) is 83.1 cm³/mol. The molecule has 2 heterocycles. The van der Waals surface area contributed by atoms with Gasteiger partial charge in [-0.2, -0.15) is 0 Å². The van der Waals surface area contributed by atoms with Gasteiger partial charge in [0.15, 0.2) is 0 Å². The number of benzene rings is 2. The molecule has 2 aromatic carbocycles. The second-order valence-electron chi connectivity index (χ2n) is 5.74. The van der Waals surface area contributed by atoms with E-state index in [1.807, 2.05) is 6.07 Å². The monoisotopic (exact) mass is 279 g/mol. The summed E-state index contributed by atoms with van der Waals surface area (Å²) in [6.45, 7) is 1.83. The van der Waals surface area contributed by atoms with Gasteiger partial charge in [0.2, 0.25) is 5.91 Å². The van der Waals surface area contributed by atoms with Crippen LogP contribution in [0.15, 0.2) is 42.5 Å². The first-order chi connectivity index (χ1) is 10.1. The molecule has 1 unspecified atom stereocenters. The summed E-state index contributed by atoms with van der Waals surface area (Å²) < 4.78 is 0. The van der Waals surface area contributed by atoms with E-state index in [4.69, 9.17) is 5.73 Å². The van der Waals surface area contributed by atoms with Crippen molar-refractivity contribution >= 4 is 17.3 Å². The summed E-state index contributed by atoms with van der Waals surface area (Å²) >= 11 is 0. The Labute approximate surface area is 123 Å². The molecule has 2 aliphatic rings. The molecule has 106 valence electrons. The molecule has 4 nitrogen and oxygen atoms in total. The summed E-state index contributed by atoms with van der Waals surface area (Å²) in [6.07, 6.45) is 0. The van der Waals surface area contributed by atoms with Crippen molar-refractivity contribution in [2.24, 2.45) is 5.73 Å². The van der Waals surface area contributed by atoms with Gasteiger partial charge in [-0.3, -0.25) is 4.79 Å². The summed E-state index contributed by atoms with van der Waals surface area (Å²) in [7, 11) is 1.79. The molecule has 0 saturated heterocycles. The molecule has 0 spiro atoms. The van der Waals surface area contributed by atoms with Crippen LogP contribution in [0.4, 0.5) is 11.4 Å². The minimum Gasteiger partial charge on any atom is -0.363 e. The van der Waals surface area contributed by atoms with Crippen LogP contribution in [0.25, 0.3) is 0 Å². The number of carbonyl (C=O) groups excluding carboxylic acids is 1. The van der Waals surface area contributed by atoms with Gasteiger partial charge in [-0.25, -0.2) is 0 Å². The number of anilines is 2. The van der Waals surface area contributed by atoms with Gasteiger partial charge in [-0.15, -0.1) is 0 Å². The van der Waals surface area contributed by atoms with Crippen LogP contribution in [0.3, 0.4) is 0 Å². The van der Waals surface area contributed by atoms with E-state index in [2.05, 4.69) is 41.3 Å². The Balaban J connectivity index is 1.69. The van der Waals surface area contributed by atoms with Gasteiger partial charge in [-0.05, 0) is 23.3 Å². The molecule has 0 bridgehead atoms. The molecule has 1 atom stereocenters. The van der Waals surface area contributed by atoms with E-state index in [1.54, 1.807) is 11.9 Å². The minimum absolute atomic E-state index is 0.0353. The Kier molecular flexibility index (Phi) is 2.56. The summed E-state index contributed by atoms with van der Waals surface area (Å²) in [5, 5.41) is 0. The predicted octanol–water partition coefficient (Wildman–Crippen LogP) is 2.18. The first-order valence-electron chi connectivity index (χ1n) is 7.14. The molecule has 0 aromatic heterocycles. The third-order valence-electron chi connectivity index (χ3n) is 4.51. The average Bonchev–Trinajstić information content (AvgIpc) is 3.03. The number of carbonyl (C=O) groups is 1. The van der Waals surface area contributed by atoms with Crippen molar-refractivity contribution in [2.45, 2.75) is 19.1 Å². The topological polar surface area (TPSA) is 49.6 Å². The highest BCUT2D eigenvalue weighted by Crippen LogP contribution is 2.38. The van der Waals surface area contributed by atoms with Crippen LogP contribution in [0.2, 0.25) is 0 Å². The number of amides is 1. The van der Waals surface area contributed by atoms with Crippen LogP contribution in [0.1, 0.15) is 22.7 Å². The Morgan fingerprint density at radius 2 is 1.76 bits per heavy atom. The number of likely N-dealkylation sites (N-methyl/N-ethyl adjacent to an activating group) is 1. The van der Waals surface area contributed by atoms with Crippen molar-refractivity contribution in [3.05, 3.63) is 59.2 Å². The molecule has 4 heteroatoms. The SMILES string of the molecule is CN1C(=O)C(N)c2ccc(N3Cc4ccccc4C3)cc21. The van der Waals surface area contributed by atoms with Crippen LogP contribution in [0.5, 0.6) is 0 Å². The first-order valence-corrected chi connectivity index (χ1v) is 7.14. The molecule has 4 rings (SSSR count). The summed E-state index contributed by atoms with van der Waals surface area (Å²) in [5.41, 5.74) is 11.7. The Morgan fingerprint density at radius 3 is 2.43 bits per heavy atom. The molecule has 2 aromatic rings. The van der Waals surface area contributed by atoms with E-state index in [0.29, 0.717) is 0 Å². The van der Waals surface area contributed by atoms with E-state index in [0.717, 1.165) is 30.0 Å². The Hall–Kier alpha value is -2.33. The van der Waals surface area contributed by atoms with Crippen LogP contribution in [-0.2, 0) is 17.9 Å². The molecule has 0 fully saturated rings. The van der Waals surface area contributed by atoms with E-state index in [-0.39, 0.29) is 5.91 Å². The van der Waals surface area contributed by atoms with Crippen LogP contribution in [-0.4, -0.2) is 13.0 Å². The number of fused-ring (bicyclic) bond motifs is 2. The van der Waals surface area contributed by atoms with Gasteiger partial charge in [0, 0.05) is 31.4 Å². The van der Waals surface area contributed by atoms with Gasteiger partial charge in [-0.1, -0.05) is 30.3 Å². The molecule has 21 heavy (non-hydrogen) atoms. The quantitative estimate of drug-likeness (QED) is 0.870. The van der Waals surface area contributed by atoms with Crippen molar-refractivity contribution in [2.75, 3.05) is 16.8 Å². The standard InChI is InChI=1S/C17H17N3O/c1-19-15-8-13(6-7-14(15)16(18)17(19)21)20-9-11-4-2-3-5-12(11)10-20/h2-8,16H,9-10,18H2,1H3. The molecular weight excluding hydrogens is 262 g/mol. The number of hydrogen-bond donors (Lipinski definition) is 1. The number of nitrogens with two attached hydrogens (primary N) is 1. The fraction of sp³-hybridized carbons (Fsp3) is 0.235. The van der Waals surface area contributed by atoms with Crippen LogP contribution < -0.4 is 15.5 Å². The summed E-state index contributed by atoms with van der Waals surface area (Å²) in [5.74, 6) is -0.0353. The lowest BCUT2D eigenvalue weighted by Gasteiger charge is -2.20. The average molecular weight is 279 g/mol. The zero-order chi connectivity index (χ0) is 14.6. The molecule has 0 aliphatic carbocycles. The van der Waals surface area contributed by atoms with E-state index < -0.39 is 6.04 Å². The Bertz CT molecular complexity index is 716. The second-order valence-corrected chi connectivity index (χ2v) is 5.74. The fourth-order valence-electron chi connectivity index (χ4n) is 3.26. The van der Waals surface area contributed by atoms with Gasteiger partial charge in [0.05, 0.1) is 5.69 Å². The largest absolute Gasteiger partial charge is 0.363 e. The smallest absolute Gasteiger partial charge is 0.248 e. The van der Waals surface area contributed by atoms with Gasteiger partial charge in [0.25, 0.3) is 0 Å². The molecule has 0 radical (unpaired) electrons. The van der Waals surface area contributed by atoms with Crippen molar-refractivity contribution in [1.29, 1.82) is 0 Å².